The second-order valence-corrected chi connectivity index (χ2v) is 17.7. The van der Waals surface area contributed by atoms with Crippen molar-refractivity contribution in [2.24, 2.45) is 0 Å². The molecule has 4 heteroatoms. The van der Waals surface area contributed by atoms with E-state index in [9.17, 15) is 0 Å². The van der Waals surface area contributed by atoms with Gasteiger partial charge in [-0.25, -0.2) is 0 Å². The van der Waals surface area contributed by atoms with Gasteiger partial charge in [-0.05, 0) is 107 Å². The number of thiophene rings is 1. The van der Waals surface area contributed by atoms with E-state index in [1.54, 1.807) is 0 Å². The number of hydrogen-bond donors (Lipinski definition) is 0. The summed E-state index contributed by atoms with van der Waals surface area (Å²) in [6, 6.07) is 70.8. The summed E-state index contributed by atoms with van der Waals surface area (Å²) in [6.07, 6.45) is 0. The zero-order valence-corrected chi connectivity index (χ0v) is 33.1. The summed E-state index contributed by atoms with van der Waals surface area (Å²) in [7, 11) is 0. The highest BCUT2D eigenvalue weighted by Crippen LogP contribution is 2.50. The highest BCUT2D eigenvalue weighted by Gasteiger charge is 2.45. The Bertz CT molecular complexity index is 4050. The molecule has 11 aromatic carbocycles. The fourth-order valence-corrected chi connectivity index (χ4v) is 13.0. The number of fused-ring (bicyclic) bond motifs is 23. The lowest BCUT2D eigenvalue weighted by Gasteiger charge is -2.39. The average Bonchev–Trinajstić information content (AvgIpc) is 3.87. The molecule has 15 rings (SSSR count). The van der Waals surface area contributed by atoms with Crippen LogP contribution in [0.25, 0.3) is 102 Å². The molecule has 0 bridgehead atoms. The molecular weight excluding hydrogens is 744 g/mol. The summed E-state index contributed by atoms with van der Waals surface area (Å²) < 4.78 is 5.42. The largest absolute Gasteiger partial charge is 0.310 e. The highest BCUT2D eigenvalue weighted by molar-refractivity contribution is 7.34. The van der Waals surface area contributed by atoms with Crippen molar-refractivity contribution in [2.75, 3.05) is 4.90 Å². The molecule has 274 valence electrons. The summed E-state index contributed by atoms with van der Waals surface area (Å²) in [6.45, 7) is 0.0139. The second kappa shape index (κ2) is 11.2. The van der Waals surface area contributed by atoms with E-state index in [0.717, 1.165) is 0 Å². The predicted octanol–water partition coefficient (Wildman–Crippen LogP) is 13.5. The van der Waals surface area contributed by atoms with Gasteiger partial charge in [0.15, 0.2) is 0 Å². The molecule has 0 unspecified atom stereocenters. The quantitative estimate of drug-likeness (QED) is 0.119. The van der Waals surface area contributed by atoms with Crippen molar-refractivity contribution >= 4 is 147 Å². The van der Waals surface area contributed by atoms with E-state index in [-0.39, 0.29) is 6.71 Å². The van der Waals surface area contributed by atoms with Gasteiger partial charge in [0.25, 0.3) is 6.71 Å². The molecule has 2 nitrogen and oxygen atoms in total. The number of anilines is 3. The van der Waals surface area contributed by atoms with E-state index < -0.39 is 0 Å². The molecule has 4 heterocycles. The van der Waals surface area contributed by atoms with Gasteiger partial charge >= 0.3 is 0 Å². The van der Waals surface area contributed by atoms with Gasteiger partial charge in [-0.2, -0.15) is 0 Å². The maximum absolute atomic E-state index is 2.70. The molecule has 0 saturated heterocycles. The normalized spacial score (nSPS) is 13.3. The Balaban J connectivity index is 1.26. The first-order valence-corrected chi connectivity index (χ1v) is 21.7. The van der Waals surface area contributed by atoms with Crippen LogP contribution in [-0.2, 0) is 0 Å². The van der Waals surface area contributed by atoms with Crippen molar-refractivity contribution in [3.8, 4) is 5.69 Å². The molecule has 0 atom stereocenters. The van der Waals surface area contributed by atoms with Crippen LogP contribution >= 0.6 is 11.3 Å². The summed E-state index contributed by atoms with van der Waals surface area (Å²) >= 11 is 1.98. The van der Waals surface area contributed by atoms with Crippen LogP contribution in [0, 0.1) is 0 Å². The Labute approximate surface area is 348 Å². The predicted molar refractivity (Wildman–Crippen MR) is 261 cm³/mol. The van der Waals surface area contributed by atoms with Crippen molar-refractivity contribution in [3.63, 3.8) is 0 Å². The standard InChI is InChI=1S/C56H31BN2S/c1-2-15-32(16-3-1)58-46-26-14-27-47-51(46)57(56-55(58)43-25-12-13-28-48(43)60-56)52-49-39-23-10-8-19-35(39)34-18-5-7-22-38(34)44(49)31-45-42-30-29-41-37-21-6-4-17-33(37)36-20-9-11-24-40(36)50(41)53(42)59(47)54(45)52/h1-31H. The van der Waals surface area contributed by atoms with E-state index in [0.29, 0.717) is 0 Å². The smallest absolute Gasteiger partial charge is 0.265 e. The first-order valence-electron chi connectivity index (χ1n) is 20.9. The average molecular weight is 775 g/mol. The van der Waals surface area contributed by atoms with Gasteiger partial charge in [-0.3, -0.25) is 0 Å². The van der Waals surface area contributed by atoms with Gasteiger partial charge in [0.2, 0.25) is 0 Å². The minimum Gasteiger partial charge on any atom is -0.310 e. The van der Waals surface area contributed by atoms with Crippen LogP contribution in [0.2, 0.25) is 0 Å². The molecule has 0 saturated carbocycles. The lowest BCUT2D eigenvalue weighted by molar-refractivity contribution is 1.19. The molecule has 0 N–H and O–H groups in total. The number of nitrogens with zero attached hydrogens (tertiary/aromatic N) is 2. The number of rotatable bonds is 1. The Morgan fingerprint density at radius 3 is 1.55 bits per heavy atom. The molecule has 0 spiro atoms. The Morgan fingerprint density at radius 2 is 0.867 bits per heavy atom. The third kappa shape index (κ3) is 3.73. The number of benzene rings is 11. The van der Waals surface area contributed by atoms with Crippen molar-refractivity contribution < 1.29 is 0 Å². The van der Waals surface area contributed by atoms with Crippen molar-refractivity contribution in [1.82, 2.24) is 4.57 Å². The topological polar surface area (TPSA) is 8.17 Å². The minimum atomic E-state index is 0.0139. The van der Waals surface area contributed by atoms with Crippen molar-refractivity contribution in [2.45, 2.75) is 0 Å². The molecule has 0 amide bonds. The molecule has 2 aliphatic heterocycles. The molecule has 2 aliphatic rings. The van der Waals surface area contributed by atoms with Gasteiger partial charge in [0.05, 0.1) is 16.7 Å². The second-order valence-electron chi connectivity index (χ2n) is 16.6. The van der Waals surface area contributed by atoms with Crippen molar-refractivity contribution in [1.29, 1.82) is 0 Å². The first-order chi connectivity index (χ1) is 29.8. The van der Waals surface area contributed by atoms with Gasteiger partial charge in [0, 0.05) is 48.1 Å². The summed E-state index contributed by atoms with van der Waals surface area (Å²) in [5.74, 6) is 0. The zero-order chi connectivity index (χ0) is 38.8. The van der Waals surface area contributed by atoms with Crippen LogP contribution in [0.15, 0.2) is 188 Å². The van der Waals surface area contributed by atoms with Gasteiger partial charge < -0.3 is 9.47 Å². The van der Waals surface area contributed by atoms with Crippen LogP contribution < -0.4 is 20.6 Å². The molecular formula is C56H31BN2S. The lowest BCUT2D eigenvalue weighted by atomic mass is 9.36. The summed E-state index contributed by atoms with van der Waals surface area (Å²) in [4.78, 5) is 2.57. The zero-order valence-electron chi connectivity index (χ0n) is 32.3. The van der Waals surface area contributed by atoms with Gasteiger partial charge in [0.1, 0.15) is 0 Å². The van der Waals surface area contributed by atoms with Gasteiger partial charge in [-0.1, -0.05) is 152 Å². The van der Waals surface area contributed by atoms with E-state index >= 15 is 0 Å². The van der Waals surface area contributed by atoms with Crippen LogP contribution in [0.4, 0.5) is 17.1 Å². The van der Waals surface area contributed by atoms with E-state index in [2.05, 4.69) is 198 Å². The van der Waals surface area contributed by atoms with E-state index in [1.165, 1.54) is 135 Å². The van der Waals surface area contributed by atoms with E-state index in [1.807, 2.05) is 11.3 Å². The number of hydrogen-bond acceptors (Lipinski definition) is 2. The summed E-state index contributed by atoms with van der Waals surface area (Å²) in [5.41, 5.74) is 10.4. The lowest BCUT2D eigenvalue weighted by Crippen LogP contribution is -2.59. The fraction of sp³-hybridized carbons (Fsp3) is 0. The van der Waals surface area contributed by atoms with Crippen molar-refractivity contribution in [3.05, 3.63) is 188 Å². The summed E-state index contributed by atoms with van der Waals surface area (Å²) in [5, 5.41) is 19.6. The molecule has 0 fully saturated rings. The highest BCUT2D eigenvalue weighted by atomic mass is 32.1. The molecule has 60 heavy (non-hydrogen) atoms. The maximum Gasteiger partial charge on any atom is 0.265 e. The molecule has 2 aromatic heterocycles. The van der Waals surface area contributed by atoms with Crippen LogP contribution in [0.5, 0.6) is 0 Å². The number of aromatic nitrogens is 1. The van der Waals surface area contributed by atoms with Crippen LogP contribution in [0.1, 0.15) is 0 Å². The third-order valence-electron chi connectivity index (χ3n) is 13.9. The molecule has 13 aromatic rings. The Kier molecular flexibility index (Phi) is 5.90. The fourth-order valence-electron chi connectivity index (χ4n) is 11.7. The SMILES string of the molecule is c1ccc(N2c3cccc4c3B(c3sc5ccccc5c32)c2c3c5ccccc5c5ccccc5c3cc3c5ccc6c7ccccc7c7ccccc7c6c5n-4c23)cc1. The Morgan fingerprint density at radius 1 is 0.350 bits per heavy atom. The number of para-hydroxylation sites is 1. The first kappa shape index (κ1) is 31.6. The molecule has 0 aliphatic carbocycles. The minimum absolute atomic E-state index is 0.0139. The monoisotopic (exact) mass is 774 g/mol. The molecule has 0 radical (unpaired) electrons. The third-order valence-corrected chi connectivity index (χ3v) is 15.1. The Hall–Kier alpha value is -7.40. The van der Waals surface area contributed by atoms with Crippen LogP contribution in [-0.4, -0.2) is 11.3 Å². The maximum atomic E-state index is 2.70. The van der Waals surface area contributed by atoms with Crippen LogP contribution in [0.3, 0.4) is 0 Å². The van der Waals surface area contributed by atoms with Gasteiger partial charge in [-0.15, -0.1) is 11.3 Å². The van der Waals surface area contributed by atoms with E-state index in [4.69, 9.17) is 0 Å².